The van der Waals surface area contributed by atoms with E-state index in [-0.39, 0.29) is 11.5 Å². The first-order valence-electron chi connectivity index (χ1n) is 9.79. The van der Waals surface area contributed by atoms with E-state index in [1.807, 2.05) is 11.5 Å². The molecule has 0 saturated carbocycles. The van der Waals surface area contributed by atoms with Gasteiger partial charge in [-0.3, -0.25) is 9.59 Å². The lowest BCUT2D eigenvalue weighted by Crippen LogP contribution is -2.29. The molecule has 2 aromatic carbocycles. The van der Waals surface area contributed by atoms with E-state index in [2.05, 4.69) is 10.4 Å². The minimum atomic E-state index is -0.792. The Morgan fingerprint density at radius 2 is 1.69 bits per heavy atom. The minimum absolute atomic E-state index is 0.318. The molecule has 0 unspecified atom stereocenters. The highest BCUT2D eigenvalue weighted by molar-refractivity contribution is 5.91. The maximum Gasteiger partial charge on any atom is 0.276 e. The third-order valence-electron chi connectivity index (χ3n) is 5.36. The first-order chi connectivity index (χ1) is 15.2. The summed E-state index contributed by atoms with van der Waals surface area (Å²) in [6.45, 7) is 3.61. The van der Waals surface area contributed by atoms with Gasteiger partial charge in [-0.1, -0.05) is 12.1 Å². The largest absolute Gasteiger partial charge is 0.343 e. The molecule has 32 heavy (non-hydrogen) atoms. The van der Waals surface area contributed by atoms with E-state index in [0.29, 0.717) is 23.0 Å². The second-order valence-electron chi connectivity index (χ2n) is 7.45. The highest BCUT2D eigenvalue weighted by atomic mass is 19.1. The zero-order valence-corrected chi connectivity index (χ0v) is 17.3. The molecule has 6 nitrogen and oxygen atoms in total. The standard InChI is InChI=1S/C23H19F3N4O2/c1-13-18-10-27-30(12-21(31)28-20-9-17(25)7-8-19(20)26)23(32)22(18)14(2)29(13)11-15-3-5-16(24)6-4-15/h3-10H,11-12H2,1-2H3,(H,28,31). The van der Waals surface area contributed by atoms with Gasteiger partial charge in [-0.15, -0.1) is 0 Å². The molecule has 0 fully saturated rings. The summed E-state index contributed by atoms with van der Waals surface area (Å²) in [4.78, 5) is 25.4. The number of nitrogens with one attached hydrogen (secondary N) is 1. The smallest absolute Gasteiger partial charge is 0.276 e. The van der Waals surface area contributed by atoms with Crippen LogP contribution in [0.15, 0.2) is 53.5 Å². The fraction of sp³-hybridized carbons (Fsp3) is 0.174. The van der Waals surface area contributed by atoms with Crippen LogP contribution in [0, 0.1) is 31.3 Å². The van der Waals surface area contributed by atoms with Gasteiger partial charge in [0, 0.05) is 29.4 Å². The van der Waals surface area contributed by atoms with Crippen LogP contribution in [-0.2, 0) is 17.9 Å². The molecule has 0 aliphatic carbocycles. The molecule has 0 aliphatic rings. The van der Waals surface area contributed by atoms with Crippen molar-refractivity contribution in [3.8, 4) is 0 Å². The molecule has 0 radical (unpaired) electrons. The summed E-state index contributed by atoms with van der Waals surface area (Å²) in [7, 11) is 0. The van der Waals surface area contributed by atoms with Crippen LogP contribution in [0.4, 0.5) is 18.9 Å². The average molecular weight is 440 g/mol. The lowest BCUT2D eigenvalue weighted by molar-refractivity contribution is -0.117. The molecule has 164 valence electrons. The third kappa shape index (κ3) is 4.01. The number of fused-ring (bicyclic) bond motifs is 1. The fourth-order valence-corrected chi connectivity index (χ4v) is 3.69. The van der Waals surface area contributed by atoms with E-state index in [1.165, 1.54) is 18.3 Å². The lowest BCUT2D eigenvalue weighted by Gasteiger charge is -2.09. The van der Waals surface area contributed by atoms with E-state index in [1.54, 1.807) is 19.1 Å². The molecular formula is C23H19F3N4O2. The van der Waals surface area contributed by atoms with Crippen LogP contribution >= 0.6 is 0 Å². The van der Waals surface area contributed by atoms with Crippen molar-refractivity contribution >= 4 is 22.4 Å². The summed E-state index contributed by atoms with van der Waals surface area (Å²) in [5.74, 6) is -2.54. The highest BCUT2D eigenvalue weighted by Crippen LogP contribution is 2.23. The zero-order chi connectivity index (χ0) is 23.0. The van der Waals surface area contributed by atoms with Crippen molar-refractivity contribution in [2.75, 3.05) is 5.32 Å². The molecular weight excluding hydrogens is 421 g/mol. The Labute approximate surface area is 180 Å². The van der Waals surface area contributed by atoms with Gasteiger partial charge in [0.15, 0.2) is 0 Å². The normalized spacial score (nSPS) is 11.2. The van der Waals surface area contributed by atoms with Crippen LogP contribution in [0.25, 0.3) is 10.8 Å². The molecule has 0 aliphatic heterocycles. The van der Waals surface area contributed by atoms with E-state index in [0.717, 1.165) is 34.1 Å². The Balaban J connectivity index is 1.64. The Morgan fingerprint density at radius 3 is 2.41 bits per heavy atom. The van der Waals surface area contributed by atoms with Crippen molar-refractivity contribution in [3.05, 3.63) is 93.4 Å². The number of amides is 1. The average Bonchev–Trinajstić information content (AvgIpc) is 2.99. The second kappa shape index (κ2) is 8.33. The molecule has 0 saturated heterocycles. The number of benzene rings is 2. The Morgan fingerprint density at radius 1 is 1.00 bits per heavy atom. The number of rotatable bonds is 5. The van der Waals surface area contributed by atoms with E-state index >= 15 is 0 Å². The van der Waals surface area contributed by atoms with Gasteiger partial charge in [0.05, 0.1) is 17.3 Å². The van der Waals surface area contributed by atoms with Gasteiger partial charge in [0.25, 0.3) is 5.56 Å². The predicted molar refractivity (Wildman–Crippen MR) is 114 cm³/mol. The summed E-state index contributed by atoms with van der Waals surface area (Å²) in [6.07, 6.45) is 1.50. The SMILES string of the molecule is Cc1c2cnn(CC(=O)Nc3cc(F)ccc3F)c(=O)c2c(C)n1Cc1ccc(F)cc1. The van der Waals surface area contributed by atoms with Crippen molar-refractivity contribution < 1.29 is 18.0 Å². The summed E-state index contributed by atoms with van der Waals surface area (Å²) in [5, 5.41) is 7.38. The van der Waals surface area contributed by atoms with Gasteiger partial charge in [-0.25, -0.2) is 17.9 Å². The van der Waals surface area contributed by atoms with Crippen molar-refractivity contribution in [2.24, 2.45) is 0 Å². The first kappa shape index (κ1) is 21.4. The monoisotopic (exact) mass is 440 g/mol. The minimum Gasteiger partial charge on any atom is -0.343 e. The van der Waals surface area contributed by atoms with Crippen LogP contribution in [-0.4, -0.2) is 20.3 Å². The number of aromatic nitrogens is 3. The number of carbonyl (C=O) groups is 1. The van der Waals surface area contributed by atoms with Gasteiger partial charge in [-0.05, 0) is 43.7 Å². The Hall–Kier alpha value is -3.88. The summed E-state index contributed by atoms with van der Waals surface area (Å²) in [6, 6.07) is 8.78. The molecule has 9 heteroatoms. The first-order valence-corrected chi connectivity index (χ1v) is 9.79. The molecule has 0 bridgehead atoms. The predicted octanol–water partition coefficient (Wildman–Crippen LogP) is 3.92. The van der Waals surface area contributed by atoms with Crippen molar-refractivity contribution in [1.82, 2.24) is 14.3 Å². The Bertz CT molecular complexity index is 1390. The molecule has 4 rings (SSSR count). The quantitative estimate of drug-likeness (QED) is 0.512. The van der Waals surface area contributed by atoms with Crippen LogP contribution < -0.4 is 10.9 Å². The van der Waals surface area contributed by atoms with Crippen LogP contribution in [0.3, 0.4) is 0 Å². The van der Waals surface area contributed by atoms with Gasteiger partial charge in [0.1, 0.15) is 24.0 Å². The van der Waals surface area contributed by atoms with Gasteiger partial charge in [-0.2, -0.15) is 5.10 Å². The van der Waals surface area contributed by atoms with E-state index in [4.69, 9.17) is 0 Å². The van der Waals surface area contributed by atoms with Crippen molar-refractivity contribution in [3.63, 3.8) is 0 Å². The number of hydrogen-bond donors (Lipinski definition) is 1. The molecule has 1 N–H and O–H groups in total. The number of hydrogen-bond acceptors (Lipinski definition) is 3. The zero-order valence-electron chi connectivity index (χ0n) is 17.3. The summed E-state index contributed by atoms with van der Waals surface area (Å²) >= 11 is 0. The van der Waals surface area contributed by atoms with Gasteiger partial charge in [0.2, 0.25) is 5.91 Å². The molecule has 0 spiro atoms. The molecule has 0 atom stereocenters. The molecule has 2 aromatic heterocycles. The topological polar surface area (TPSA) is 68.9 Å². The van der Waals surface area contributed by atoms with E-state index < -0.39 is 29.6 Å². The van der Waals surface area contributed by atoms with Crippen LogP contribution in [0.2, 0.25) is 0 Å². The number of anilines is 1. The number of aryl methyl sites for hydroxylation is 2. The highest BCUT2D eigenvalue weighted by Gasteiger charge is 2.18. The van der Waals surface area contributed by atoms with Gasteiger partial charge >= 0.3 is 0 Å². The molecule has 1 amide bonds. The summed E-state index contributed by atoms with van der Waals surface area (Å²) in [5.41, 5.74) is 1.56. The van der Waals surface area contributed by atoms with Crippen molar-refractivity contribution in [1.29, 1.82) is 0 Å². The summed E-state index contributed by atoms with van der Waals surface area (Å²) < 4.78 is 43.2. The maximum atomic E-state index is 13.8. The Kier molecular flexibility index (Phi) is 5.56. The van der Waals surface area contributed by atoms with Crippen LogP contribution in [0.1, 0.15) is 17.0 Å². The fourth-order valence-electron chi connectivity index (χ4n) is 3.69. The lowest BCUT2D eigenvalue weighted by atomic mass is 10.2. The number of nitrogens with zero attached hydrogens (tertiary/aromatic N) is 3. The molecule has 4 aromatic rings. The number of carbonyl (C=O) groups excluding carboxylic acids is 1. The molecule has 2 heterocycles. The third-order valence-corrected chi connectivity index (χ3v) is 5.36. The van der Waals surface area contributed by atoms with E-state index in [9.17, 15) is 22.8 Å². The number of halogens is 3. The van der Waals surface area contributed by atoms with Crippen molar-refractivity contribution in [2.45, 2.75) is 26.9 Å². The second-order valence-corrected chi connectivity index (χ2v) is 7.45. The van der Waals surface area contributed by atoms with Crippen LogP contribution in [0.5, 0.6) is 0 Å². The maximum absolute atomic E-state index is 13.8. The van der Waals surface area contributed by atoms with Gasteiger partial charge < -0.3 is 9.88 Å².